The third kappa shape index (κ3) is 14.5. The molecule has 37 heteroatoms. The number of rotatable bonds is 20. The number of ether oxygens (including phenoxy) is 13. The van der Waals surface area contributed by atoms with Crippen molar-refractivity contribution < 1.29 is 173 Å². The monoisotopic (exact) mass is 1220 g/mol. The number of carbonyl (C=O) groups excluding carboxylic acids is 2. The Hall–Kier alpha value is -2.38. The predicted octanol–water partition coefficient (Wildman–Crippen LogP) is -15.0. The van der Waals surface area contributed by atoms with Crippen LogP contribution in [0.2, 0.25) is 0 Å². The first-order valence-corrected chi connectivity index (χ1v) is 26.5. The quantitative estimate of drug-likeness (QED) is 0.0538. The van der Waals surface area contributed by atoms with E-state index in [2.05, 4.69) is 10.6 Å². The van der Waals surface area contributed by atoms with Gasteiger partial charge in [-0.15, -0.1) is 0 Å². The zero-order valence-corrected chi connectivity index (χ0v) is 44.5. The molecule has 0 bridgehead atoms. The lowest BCUT2D eigenvalue weighted by Gasteiger charge is -2.52. The second kappa shape index (κ2) is 29.3. The van der Waals surface area contributed by atoms with Gasteiger partial charge in [0.05, 0.1) is 45.7 Å². The summed E-state index contributed by atoms with van der Waals surface area (Å²) in [7, 11) is 0. The Morgan fingerprint density at radius 2 is 0.639 bits per heavy atom. The van der Waals surface area contributed by atoms with Gasteiger partial charge in [-0.3, -0.25) is 9.59 Å². The second-order valence-corrected chi connectivity index (χ2v) is 21.0. The highest BCUT2D eigenvalue weighted by Gasteiger charge is 2.60. The molecule has 7 saturated heterocycles. The Kier molecular flexibility index (Phi) is 24.0. The second-order valence-electron chi connectivity index (χ2n) is 21.0. The van der Waals surface area contributed by atoms with Crippen molar-refractivity contribution in [3.05, 3.63) is 0 Å². The fraction of sp³-hybridized carbons (Fsp3) is 0.957. The van der Waals surface area contributed by atoms with E-state index >= 15 is 0 Å². The molecular formula is C46H78N2O35. The normalized spacial score (nSPS) is 50.8. The number of amides is 2. The highest BCUT2D eigenvalue weighted by atomic mass is 16.8. The number of aliphatic hydroxyl groups is 20. The third-order valence-electron chi connectivity index (χ3n) is 15.3. The summed E-state index contributed by atoms with van der Waals surface area (Å²) in [5, 5.41) is 221. The molecule has 7 aliphatic rings. The molecule has 7 rings (SSSR count). The van der Waals surface area contributed by atoms with E-state index in [0.29, 0.717) is 0 Å². The maximum Gasteiger partial charge on any atom is 0.217 e. The molecule has 0 aromatic rings. The van der Waals surface area contributed by atoms with Crippen LogP contribution < -0.4 is 10.6 Å². The molecule has 0 aromatic heterocycles. The minimum Gasteiger partial charge on any atom is -0.394 e. The van der Waals surface area contributed by atoms with Crippen molar-refractivity contribution in [2.24, 2.45) is 0 Å². The summed E-state index contributed by atoms with van der Waals surface area (Å²) < 4.78 is 75.6. The molecule has 22 N–H and O–H groups in total. The molecule has 0 spiro atoms. The van der Waals surface area contributed by atoms with Gasteiger partial charge in [-0.1, -0.05) is 0 Å². The molecular weight excluding hydrogens is 1140 g/mol. The van der Waals surface area contributed by atoms with Crippen LogP contribution in [0.5, 0.6) is 0 Å². The molecule has 7 heterocycles. The van der Waals surface area contributed by atoms with E-state index in [-0.39, 0.29) is 0 Å². The maximum absolute atomic E-state index is 13.1. The van der Waals surface area contributed by atoms with Crippen LogP contribution in [0.4, 0.5) is 0 Å². The summed E-state index contributed by atoms with van der Waals surface area (Å²) in [5.41, 5.74) is 0. The van der Waals surface area contributed by atoms with E-state index in [1.165, 1.54) is 6.92 Å². The minimum absolute atomic E-state index is 0.913. The van der Waals surface area contributed by atoms with Crippen LogP contribution in [-0.2, 0) is 71.2 Å². The van der Waals surface area contributed by atoms with Crippen LogP contribution in [0.15, 0.2) is 0 Å². The van der Waals surface area contributed by atoms with Gasteiger partial charge in [-0.05, 0) is 6.92 Å². The Labute approximate surface area is 470 Å². The van der Waals surface area contributed by atoms with Crippen LogP contribution >= 0.6 is 0 Å². The van der Waals surface area contributed by atoms with Gasteiger partial charge in [0.1, 0.15) is 165 Å². The van der Waals surface area contributed by atoms with Crippen LogP contribution in [0, 0.1) is 0 Å². The molecule has 0 radical (unpaired) electrons. The molecule has 482 valence electrons. The maximum atomic E-state index is 13.1. The van der Waals surface area contributed by atoms with Crippen molar-refractivity contribution in [3.63, 3.8) is 0 Å². The van der Waals surface area contributed by atoms with E-state index in [4.69, 9.17) is 61.6 Å². The molecule has 0 unspecified atom stereocenters. The molecule has 37 nitrogen and oxygen atoms in total. The number of hydrogen-bond acceptors (Lipinski definition) is 35. The summed E-state index contributed by atoms with van der Waals surface area (Å²) in [6.45, 7) is -2.94. The van der Waals surface area contributed by atoms with Crippen molar-refractivity contribution in [2.45, 2.75) is 236 Å². The summed E-state index contributed by atoms with van der Waals surface area (Å²) in [6.07, 6.45) is -64.3. The molecule has 35 atom stereocenters. The molecule has 0 aromatic carbocycles. The lowest BCUT2D eigenvalue weighted by molar-refractivity contribution is -0.392. The molecule has 0 aliphatic carbocycles. The zero-order chi connectivity index (χ0) is 61.2. The molecule has 2 amide bonds. The Balaban J connectivity index is 1.19. The first kappa shape index (κ1) is 68.1. The summed E-state index contributed by atoms with van der Waals surface area (Å²) in [4.78, 5) is 26.0. The Morgan fingerprint density at radius 1 is 0.313 bits per heavy atom. The lowest BCUT2D eigenvalue weighted by atomic mass is 9.93. The van der Waals surface area contributed by atoms with Gasteiger partial charge in [-0.25, -0.2) is 0 Å². The van der Waals surface area contributed by atoms with Crippen LogP contribution in [0.1, 0.15) is 20.8 Å². The lowest BCUT2D eigenvalue weighted by Crippen LogP contribution is -2.72. The summed E-state index contributed by atoms with van der Waals surface area (Å²) in [6, 6.07) is -3.74. The van der Waals surface area contributed by atoms with Crippen molar-refractivity contribution in [2.75, 3.05) is 39.6 Å². The predicted molar refractivity (Wildman–Crippen MR) is 254 cm³/mol. The van der Waals surface area contributed by atoms with Gasteiger partial charge >= 0.3 is 0 Å². The van der Waals surface area contributed by atoms with Crippen molar-refractivity contribution in [1.29, 1.82) is 0 Å². The minimum atomic E-state index is -2.35. The number of aliphatic hydroxyl groups excluding tert-OH is 20. The van der Waals surface area contributed by atoms with Gasteiger partial charge in [-0.2, -0.15) is 0 Å². The van der Waals surface area contributed by atoms with Gasteiger partial charge in [0, 0.05) is 13.8 Å². The third-order valence-corrected chi connectivity index (χ3v) is 15.3. The topological polar surface area (TPSA) is 583 Å². The molecule has 7 aliphatic heterocycles. The Morgan fingerprint density at radius 3 is 1.10 bits per heavy atom. The fourth-order valence-corrected chi connectivity index (χ4v) is 10.7. The fourth-order valence-electron chi connectivity index (χ4n) is 10.7. The molecule has 0 saturated carbocycles. The van der Waals surface area contributed by atoms with Crippen LogP contribution in [-0.4, -0.2) is 368 Å². The van der Waals surface area contributed by atoms with E-state index in [1.807, 2.05) is 0 Å². The van der Waals surface area contributed by atoms with E-state index in [0.717, 1.165) is 13.8 Å². The highest BCUT2D eigenvalue weighted by Crippen LogP contribution is 2.39. The van der Waals surface area contributed by atoms with E-state index < -0.39 is 266 Å². The van der Waals surface area contributed by atoms with Gasteiger partial charge in [0.15, 0.2) is 44.0 Å². The van der Waals surface area contributed by atoms with Crippen molar-refractivity contribution in [1.82, 2.24) is 10.6 Å². The summed E-state index contributed by atoms with van der Waals surface area (Å²) >= 11 is 0. The highest BCUT2D eigenvalue weighted by molar-refractivity contribution is 5.73. The standard InChI is InChI=1S/C46H78N2O35/c1-10-21(57)26(62)30(66)43(71-10)81-37-20(48-12(3)56)42(77-18(9-54)35(37)79-44-31(67)27(63)22(58)13(4-49)74-44)83-39-25(61)16(7-52)76-46(33(39)69)80-36-19(47-11(2)55)41(73-14(5-50)23(36)59)82-38-24(60)15(6-51)75-45(32(38)68)78-34-17(8-53)72-40(70)29(65)28(34)64/h10,13-46,49-54,57-70H,4-9H2,1-3H3,(H,47,55)(H,48,56)/t10-,13+,14+,15+,16+,17+,18+,19+,20+,21+,22-,23+,24-,25-,26+,27-,28+,29+,30-,31+,32+,33+,34+,35+,36+,37+,38-,39-,40+,41-,42-,43-,44-,45-,46-/m0/s1. The SMILES string of the molecule is CC(=O)N[C@H]1[C@H](O[C@H]2[C@@H](O)[C@@H](CO)O[C@@H](O[C@H]3[C@H](O)[C@@H](CO)O[C@@H](O[C@H]4[C@@H](O)[C@@H](CO)O[C@@H](O[C@H]5[C@H](O)[C@@H](O)[C@H](O)O[C@@H]5CO)[C@@H]4O)[C@@H]3NC(C)=O)[C@@H]2O)O[C@H](CO)[C@@H](O[C@@H]2O[C@H](CO)[C@H](O)[C@H](O)[C@H]2O)[C@@H]1O[C@@H]1O[C@@H](C)[C@@H](O)[C@@H](O)[C@@H]1O. The first-order valence-electron chi connectivity index (χ1n) is 26.5. The first-order chi connectivity index (χ1) is 39.2. The average Bonchev–Trinajstić information content (AvgIpc) is 3.66. The van der Waals surface area contributed by atoms with Crippen LogP contribution in [0.3, 0.4) is 0 Å². The van der Waals surface area contributed by atoms with Gasteiger partial charge < -0.3 is 174 Å². The zero-order valence-electron chi connectivity index (χ0n) is 44.5. The number of hydrogen-bond donors (Lipinski definition) is 22. The van der Waals surface area contributed by atoms with E-state index in [1.54, 1.807) is 0 Å². The van der Waals surface area contributed by atoms with Gasteiger partial charge in [0.25, 0.3) is 0 Å². The smallest absolute Gasteiger partial charge is 0.217 e. The molecule has 7 fully saturated rings. The summed E-state index contributed by atoms with van der Waals surface area (Å²) in [5.74, 6) is -1.83. The average molecular weight is 1220 g/mol. The Bertz CT molecular complexity index is 2040. The van der Waals surface area contributed by atoms with Crippen molar-refractivity contribution >= 4 is 11.8 Å². The number of carbonyl (C=O) groups is 2. The number of nitrogens with one attached hydrogen (secondary N) is 2. The van der Waals surface area contributed by atoms with Crippen molar-refractivity contribution in [3.8, 4) is 0 Å². The largest absolute Gasteiger partial charge is 0.394 e. The van der Waals surface area contributed by atoms with Crippen LogP contribution in [0.25, 0.3) is 0 Å². The van der Waals surface area contributed by atoms with E-state index in [9.17, 15) is 112 Å². The molecule has 83 heavy (non-hydrogen) atoms. The van der Waals surface area contributed by atoms with Gasteiger partial charge in [0.2, 0.25) is 11.8 Å².